The van der Waals surface area contributed by atoms with Gasteiger partial charge in [-0.05, 0) is 24.3 Å². The van der Waals surface area contributed by atoms with Crippen molar-refractivity contribution in [2.75, 3.05) is 23.9 Å². The van der Waals surface area contributed by atoms with Gasteiger partial charge in [-0.25, -0.2) is 19.0 Å². The summed E-state index contributed by atoms with van der Waals surface area (Å²) in [4.78, 5) is 53.0. The van der Waals surface area contributed by atoms with Gasteiger partial charge in [-0.3, -0.25) is 14.5 Å². The number of amides is 1. The Morgan fingerprint density at radius 2 is 1.96 bits per heavy atom. The van der Waals surface area contributed by atoms with Gasteiger partial charge >= 0.3 is 17.9 Å². The Bertz CT molecular complexity index is 1630. The number of carbonyl (C=O) groups is 4. The lowest BCUT2D eigenvalue weighted by Crippen LogP contribution is -2.58. The van der Waals surface area contributed by atoms with E-state index in [2.05, 4.69) is 20.9 Å². The summed E-state index contributed by atoms with van der Waals surface area (Å²) in [5, 5.41) is 47.5. The van der Waals surface area contributed by atoms with Gasteiger partial charge in [0, 0.05) is 42.5 Å². The zero-order valence-corrected chi connectivity index (χ0v) is 23.6. The molecule has 2 aromatic rings. The number of carbonyl (C=O) groups excluding carboxylic acids is 1. The number of guanidine groups is 1. The number of likely N-dealkylation sites (N-methyl/N-ethyl adjacent to an activating group) is 1. The number of carboxylic acids is 3. The average molecular weight is 629 g/mol. The third-order valence-electron chi connectivity index (χ3n) is 7.50. The number of nitrogens with zero attached hydrogens (tertiary/aromatic N) is 2. The number of hydrogen-bond acceptors (Lipinski definition) is 10. The molecule has 0 spiro atoms. The molecule has 0 saturated carbocycles. The molecule has 238 valence electrons. The van der Waals surface area contributed by atoms with Crippen molar-refractivity contribution in [3.63, 3.8) is 0 Å². The maximum Gasteiger partial charge on any atom is 0.339 e. The predicted molar refractivity (Wildman–Crippen MR) is 153 cm³/mol. The van der Waals surface area contributed by atoms with Crippen LogP contribution in [0.5, 0.6) is 11.5 Å². The molecule has 16 nitrogen and oxygen atoms in total. The average Bonchev–Trinajstić information content (AvgIpc) is 2.97. The molecule has 0 bridgehead atoms. The Hall–Kier alpha value is -5.42. The van der Waals surface area contributed by atoms with Crippen LogP contribution in [-0.2, 0) is 19.2 Å². The summed E-state index contributed by atoms with van der Waals surface area (Å²) in [6, 6.07) is 6.52. The van der Waals surface area contributed by atoms with E-state index in [0.29, 0.717) is 35.6 Å². The molecule has 5 rings (SSSR count). The van der Waals surface area contributed by atoms with Crippen LogP contribution in [0.15, 0.2) is 53.4 Å². The third kappa shape index (κ3) is 5.65. The fourth-order valence-corrected chi connectivity index (χ4v) is 5.21. The van der Waals surface area contributed by atoms with Gasteiger partial charge in [0.15, 0.2) is 23.8 Å². The summed E-state index contributed by atoms with van der Waals surface area (Å²) in [5.41, 5.74) is 4.31. The molecule has 3 aliphatic rings. The summed E-state index contributed by atoms with van der Waals surface area (Å²) in [5.74, 6) is -7.10. The first-order chi connectivity index (χ1) is 21.3. The van der Waals surface area contributed by atoms with Crippen LogP contribution in [-0.4, -0.2) is 81.7 Å². The maximum absolute atomic E-state index is 15.7. The van der Waals surface area contributed by atoms with E-state index in [1.807, 2.05) is 0 Å². The zero-order chi connectivity index (χ0) is 32.6. The van der Waals surface area contributed by atoms with E-state index in [9.17, 15) is 39.6 Å². The van der Waals surface area contributed by atoms with E-state index in [1.165, 1.54) is 19.2 Å². The molecule has 2 aromatic carbocycles. The molecule has 9 N–H and O–H groups in total. The molecule has 5 atom stereocenters. The van der Waals surface area contributed by atoms with Gasteiger partial charge in [-0.15, -0.1) is 0 Å². The molecule has 17 heteroatoms. The number of hydrogen-bond donors (Lipinski definition) is 8. The van der Waals surface area contributed by atoms with Gasteiger partial charge < -0.3 is 51.6 Å². The summed E-state index contributed by atoms with van der Waals surface area (Å²) in [6.45, 7) is 0.422. The van der Waals surface area contributed by atoms with Crippen molar-refractivity contribution in [3.8, 4) is 11.5 Å². The van der Waals surface area contributed by atoms with Gasteiger partial charge in [0.2, 0.25) is 17.7 Å². The molecule has 0 fully saturated rings. The minimum absolute atomic E-state index is 0.0684. The SMILES string of the molecule is CNC(=O)C1Oc2c1cccc2N1C(=NC(C(=O)O)C(O)(CC(=O)O)C(=O)O)NC=C(F)C1Nc1ccc2c(c1)C(N)CCO2. The Morgan fingerprint density at radius 3 is 2.62 bits per heavy atom. The number of benzene rings is 2. The minimum Gasteiger partial charge on any atom is -0.493 e. The molecule has 0 radical (unpaired) electrons. The highest BCUT2D eigenvalue weighted by Gasteiger charge is 2.52. The molecular formula is C28H29FN6O10. The molecule has 3 heterocycles. The van der Waals surface area contributed by atoms with Crippen molar-refractivity contribution in [1.29, 1.82) is 0 Å². The van der Waals surface area contributed by atoms with Crippen LogP contribution in [0.2, 0.25) is 0 Å². The van der Waals surface area contributed by atoms with E-state index >= 15 is 4.39 Å². The zero-order valence-electron chi connectivity index (χ0n) is 23.6. The number of aliphatic imine (C=N–C) groups is 1. The largest absolute Gasteiger partial charge is 0.493 e. The van der Waals surface area contributed by atoms with Crippen LogP contribution in [0.25, 0.3) is 0 Å². The number of aliphatic hydroxyl groups is 1. The van der Waals surface area contributed by atoms with Crippen molar-refractivity contribution in [2.45, 2.75) is 42.8 Å². The number of ether oxygens (including phenoxy) is 2. The van der Waals surface area contributed by atoms with Crippen molar-refractivity contribution in [2.24, 2.45) is 10.7 Å². The smallest absolute Gasteiger partial charge is 0.339 e. The number of halogens is 1. The minimum atomic E-state index is -3.40. The predicted octanol–water partition coefficient (Wildman–Crippen LogP) is 0.407. The standard InChI is InChI=1S/C28H29FN6O10/c1-31-24(38)21-13-3-2-4-17(20(13)45-21)35-23(33-12-5-6-18-14(9-12)16(30)7-8-44-18)15(29)11-32-27(35)34-22(25(39)40)28(43,26(41)42)10-19(36)37/h2-6,9,11,16,21-23,33,43H,7-8,10,30H2,1H3,(H,31,38)(H,32,34)(H,36,37)(H,39,40)(H,41,42). The fraction of sp³-hybridized carbons (Fsp3) is 0.321. The van der Waals surface area contributed by atoms with Crippen molar-refractivity contribution in [1.82, 2.24) is 10.6 Å². The normalized spacial score (nSPS) is 22.8. The van der Waals surface area contributed by atoms with E-state index in [1.54, 1.807) is 24.3 Å². The van der Waals surface area contributed by atoms with E-state index < -0.39 is 65.9 Å². The van der Waals surface area contributed by atoms with Crippen LogP contribution in [0.1, 0.15) is 36.1 Å². The molecule has 0 aliphatic carbocycles. The third-order valence-corrected chi connectivity index (χ3v) is 7.50. The van der Waals surface area contributed by atoms with Crippen LogP contribution in [0.3, 0.4) is 0 Å². The van der Waals surface area contributed by atoms with E-state index in [-0.39, 0.29) is 17.5 Å². The Morgan fingerprint density at radius 1 is 1.20 bits per heavy atom. The maximum atomic E-state index is 15.7. The second-order valence-electron chi connectivity index (χ2n) is 10.4. The van der Waals surface area contributed by atoms with Gasteiger partial charge in [-0.1, -0.05) is 12.1 Å². The first kappa shape index (κ1) is 31.0. The summed E-state index contributed by atoms with van der Waals surface area (Å²) < 4.78 is 27.1. The first-order valence-corrected chi connectivity index (χ1v) is 13.5. The number of aliphatic carboxylic acids is 3. The molecular weight excluding hydrogens is 599 g/mol. The van der Waals surface area contributed by atoms with Gasteiger partial charge in [-0.2, -0.15) is 0 Å². The first-order valence-electron chi connectivity index (χ1n) is 13.5. The number of nitrogens with one attached hydrogen (secondary N) is 3. The molecule has 0 saturated heterocycles. The fourth-order valence-electron chi connectivity index (χ4n) is 5.21. The van der Waals surface area contributed by atoms with Crippen LogP contribution in [0, 0.1) is 0 Å². The molecule has 1 amide bonds. The molecule has 5 unspecified atom stereocenters. The van der Waals surface area contributed by atoms with Crippen LogP contribution in [0.4, 0.5) is 15.8 Å². The molecule has 3 aliphatic heterocycles. The van der Waals surface area contributed by atoms with Crippen molar-refractivity contribution < 1.29 is 53.5 Å². The van der Waals surface area contributed by atoms with Gasteiger partial charge in [0.1, 0.15) is 5.75 Å². The van der Waals surface area contributed by atoms with Crippen LogP contribution < -0.4 is 36.1 Å². The monoisotopic (exact) mass is 628 g/mol. The highest BCUT2D eigenvalue weighted by Crippen LogP contribution is 2.47. The van der Waals surface area contributed by atoms with Crippen molar-refractivity contribution in [3.05, 3.63) is 59.6 Å². The lowest BCUT2D eigenvalue weighted by atomic mass is 9.91. The number of fused-ring (bicyclic) bond motifs is 2. The van der Waals surface area contributed by atoms with E-state index in [0.717, 1.165) is 11.1 Å². The van der Waals surface area contributed by atoms with Crippen molar-refractivity contribution >= 4 is 41.1 Å². The topological polar surface area (TPSA) is 245 Å². The Kier molecular flexibility index (Phi) is 8.22. The number of rotatable bonds is 10. The lowest BCUT2D eigenvalue weighted by molar-refractivity contribution is -0.172. The summed E-state index contributed by atoms with van der Waals surface area (Å²) in [6.07, 6.45) is -2.64. The summed E-state index contributed by atoms with van der Waals surface area (Å²) >= 11 is 0. The number of nitrogens with two attached hydrogens (primary N) is 1. The second-order valence-corrected chi connectivity index (χ2v) is 10.4. The highest BCUT2D eigenvalue weighted by atomic mass is 19.1. The van der Waals surface area contributed by atoms with Crippen LogP contribution >= 0.6 is 0 Å². The lowest BCUT2D eigenvalue weighted by Gasteiger charge is -2.41. The second kappa shape index (κ2) is 11.9. The van der Waals surface area contributed by atoms with Gasteiger partial charge in [0.25, 0.3) is 5.91 Å². The number of para-hydroxylation sites is 1. The Balaban J connectivity index is 1.64. The molecule has 0 aromatic heterocycles. The van der Waals surface area contributed by atoms with Gasteiger partial charge in [0.05, 0.1) is 18.7 Å². The van der Waals surface area contributed by atoms with E-state index in [4.69, 9.17) is 15.2 Å². The Labute approximate surface area is 253 Å². The number of carboxylic acid groups (broad SMARTS) is 3. The number of anilines is 2. The molecule has 45 heavy (non-hydrogen) atoms. The highest BCUT2D eigenvalue weighted by molar-refractivity contribution is 6.03. The summed E-state index contributed by atoms with van der Waals surface area (Å²) in [7, 11) is 1.41. The quantitative estimate of drug-likeness (QED) is 0.178.